The van der Waals surface area contributed by atoms with Crippen LogP contribution in [0.5, 0.6) is 0 Å². The number of H-pyrrole nitrogens is 1. The summed E-state index contributed by atoms with van der Waals surface area (Å²) in [6, 6.07) is 9.70. The van der Waals surface area contributed by atoms with E-state index in [0.29, 0.717) is 29.2 Å². The largest absolute Gasteiger partial charge is 0.326 e. The number of amides is 1. The number of anilines is 3. The number of aromatic nitrogens is 5. The van der Waals surface area contributed by atoms with Crippen molar-refractivity contribution in [2.75, 3.05) is 10.6 Å². The third kappa shape index (κ3) is 5.35. The number of aromatic amines is 1. The highest BCUT2D eigenvalue weighted by Crippen LogP contribution is 2.31. The highest BCUT2D eigenvalue weighted by molar-refractivity contribution is 7.99. The Morgan fingerprint density at radius 1 is 1.17 bits per heavy atom. The maximum absolute atomic E-state index is 11.9. The lowest BCUT2D eigenvalue weighted by molar-refractivity contribution is -0.117. The molecule has 3 N–H and O–H groups in total. The summed E-state index contributed by atoms with van der Waals surface area (Å²) in [5, 5.41) is 14.0. The van der Waals surface area contributed by atoms with Crippen LogP contribution < -0.4 is 10.6 Å². The smallest absolute Gasteiger partial charge is 0.232 e. The number of aryl methyl sites for hydroxylation is 2. The van der Waals surface area contributed by atoms with Gasteiger partial charge in [0.15, 0.2) is 11.0 Å². The molecule has 0 unspecified atom stereocenters. The Morgan fingerprint density at radius 2 is 1.97 bits per heavy atom. The second-order valence-electron chi connectivity index (χ2n) is 7.25. The third-order valence-electron chi connectivity index (χ3n) is 4.65. The number of hydrogen-bond donors (Lipinski definition) is 3. The first-order valence-electron chi connectivity index (χ1n) is 10.3. The Morgan fingerprint density at radius 3 is 2.67 bits per heavy atom. The summed E-state index contributed by atoms with van der Waals surface area (Å²) in [5.41, 5.74) is 1.89. The lowest BCUT2D eigenvalue weighted by Gasteiger charge is -2.08. The number of carbonyl (C=O) groups is 1. The average molecular weight is 424 g/mol. The van der Waals surface area contributed by atoms with E-state index in [2.05, 4.69) is 42.7 Å². The molecule has 1 aliphatic carbocycles. The zero-order valence-electron chi connectivity index (χ0n) is 17.1. The van der Waals surface area contributed by atoms with Crippen molar-refractivity contribution in [3.8, 4) is 0 Å². The van der Waals surface area contributed by atoms with Crippen LogP contribution in [0.1, 0.15) is 44.6 Å². The Bertz CT molecular complexity index is 1010. The molecule has 3 aromatic rings. The minimum atomic E-state index is 0.108. The van der Waals surface area contributed by atoms with Crippen LogP contribution in [0.15, 0.2) is 40.4 Å². The van der Waals surface area contributed by atoms with Crippen molar-refractivity contribution in [1.29, 1.82) is 0 Å². The Labute approximate surface area is 179 Å². The Kier molecular flexibility index (Phi) is 6.27. The minimum Gasteiger partial charge on any atom is -0.326 e. The predicted octanol–water partition coefficient (Wildman–Crippen LogP) is 4.35. The highest BCUT2D eigenvalue weighted by atomic mass is 32.2. The van der Waals surface area contributed by atoms with Gasteiger partial charge in [-0.05, 0) is 55.3 Å². The third-order valence-corrected chi connectivity index (χ3v) is 5.52. The van der Waals surface area contributed by atoms with Gasteiger partial charge >= 0.3 is 0 Å². The molecule has 0 spiro atoms. The van der Waals surface area contributed by atoms with Crippen molar-refractivity contribution in [2.24, 2.45) is 5.92 Å². The molecule has 4 rings (SSSR count). The first-order chi connectivity index (χ1) is 14.6. The van der Waals surface area contributed by atoms with Crippen molar-refractivity contribution in [1.82, 2.24) is 25.1 Å². The van der Waals surface area contributed by atoms with Crippen molar-refractivity contribution in [3.05, 3.63) is 41.9 Å². The van der Waals surface area contributed by atoms with Crippen LogP contribution in [0, 0.1) is 5.92 Å². The first kappa shape index (κ1) is 20.3. The number of benzene rings is 1. The lowest BCUT2D eigenvalue weighted by atomic mass is 10.2. The predicted molar refractivity (Wildman–Crippen MR) is 117 cm³/mol. The van der Waals surface area contributed by atoms with Crippen molar-refractivity contribution >= 4 is 35.1 Å². The molecule has 1 fully saturated rings. The Balaban J connectivity index is 1.45. The summed E-state index contributed by atoms with van der Waals surface area (Å²) in [5.74, 6) is 2.19. The van der Waals surface area contributed by atoms with Crippen LogP contribution in [0.4, 0.5) is 17.5 Å². The molecule has 0 radical (unpaired) electrons. The summed E-state index contributed by atoms with van der Waals surface area (Å²) in [6.45, 7) is 4.14. The van der Waals surface area contributed by atoms with Gasteiger partial charge in [0.05, 0.1) is 0 Å². The van der Waals surface area contributed by atoms with Gasteiger partial charge in [-0.25, -0.2) is 4.98 Å². The fraction of sp³-hybridized carbons (Fsp3) is 0.381. The molecule has 1 amide bonds. The van der Waals surface area contributed by atoms with Gasteiger partial charge in [0.1, 0.15) is 5.82 Å². The molecule has 2 heterocycles. The zero-order chi connectivity index (χ0) is 20.9. The number of carbonyl (C=O) groups excluding carboxylic acids is 1. The fourth-order valence-corrected chi connectivity index (χ4v) is 3.66. The topological polar surface area (TPSA) is 108 Å². The standard InChI is InChI=1S/C21H25N7OS/c1-3-5-15-12-18(28-27-15)24-20-23-17(4-2)25-21(26-20)30-16-10-8-14(9-11-16)22-19(29)13-6-7-13/h8-13H,3-7H2,1-2H3,(H,22,29)(H2,23,24,25,26,27,28). The minimum absolute atomic E-state index is 0.108. The van der Waals surface area contributed by atoms with E-state index in [1.54, 1.807) is 0 Å². The van der Waals surface area contributed by atoms with E-state index in [1.807, 2.05) is 37.3 Å². The molecule has 2 aromatic heterocycles. The fourth-order valence-electron chi connectivity index (χ4n) is 2.90. The summed E-state index contributed by atoms with van der Waals surface area (Å²) in [7, 11) is 0. The molecular formula is C21H25N7OS. The molecule has 0 saturated heterocycles. The first-order valence-corrected chi connectivity index (χ1v) is 11.1. The summed E-state index contributed by atoms with van der Waals surface area (Å²) >= 11 is 1.46. The van der Waals surface area contributed by atoms with Gasteiger partial charge in [0.25, 0.3) is 0 Å². The lowest BCUT2D eigenvalue weighted by Crippen LogP contribution is -2.12. The van der Waals surface area contributed by atoms with Crippen LogP contribution in [0.3, 0.4) is 0 Å². The summed E-state index contributed by atoms with van der Waals surface area (Å²) in [6.07, 6.45) is 4.70. The molecular weight excluding hydrogens is 398 g/mol. The molecule has 1 aromatic carbocycles. The Hall–Kier alpha value is -2.94. The normalized spacial score (nSPS) is 13.3. The SMILES string of the molecule is CCCc1cc(Nc2nc(CC)nc(Sc3ccc(NC(=O)C4CC4)cc3)n2)n[nH]1. The van der Waals surface area contributed by atoms with E-state index < -0.39 is 0 Å². The van der Waals surface area contributed by atoms with Crippen molar-refractivity contribution in [2.45, 2.75) is 56.0 Å². The number of nitrogens with zero attached hydrogens (tertiary/aromatic N) is 4. The van der Waals surface area contributed by atoms with Crippen LogP contribution in [0.25, 0.3) is 0 Å². The van der Waals surface area contributed by atoms with Crippen molar-refractivity contribution in [3.63, 3.8) is 0 Å². The second kappa shape index (κ2) is 9.25. The maximum atomic E-state index is 11.9. The highest BCUT2D eigenvalue weighted by Gasteiger charge is 2.29. The van der Waals surface area contributed by atoms with E-state index >= 15 is 0 Å². The summed E-state index contributed by atoms with van der Waals surface area (Å²) in [4.78, 5) is 26.4. The number of rotatable bonds is 9. The zero-order valence-corrected chi connectivity index (χ0v) is 17.9. The molecule has 0 aliphatic heterocycles. The molecule has 1 aliphatic rings. The van der Waals surface area contributed by atoms with E-state index in [9.17, 15) is 4.79 Å². The monoisotopic (exact) mass is 423 g/mol. The van der Waals surface area contributed by atoms with Gasteiger partial charge in [-0.3, -0.25) is 9.89 Å². The molecule has 1 saturated carbocycles. The summed E-state index contributed by atoms with van der Waals surface area (Å²) < 4.78 is 0. The van der Waals surface area contributed by atoms with Crippen molar-refractivity contribution < 1.29 is 4.79 Å². The maximum Gasteiger partial charge on any atom is 0.232 e. The van der Waals surface area contributed by atoms with E-state index in [0.717, 1.165) is 42.0 Å². The van der Waals surface area contributed by atoms with Gasteiger partial charge in [-0.15, -0.1) is 0 Å². The molecule has 30 heavy (non-hydrogen) atoms. The number of nitrogens with one attached hydrogen (secondary N) is 3. The van der Waals surface area contributed by atoms with Gasteiger partial charge < -0.3 is 10.6 Å². The van der Waals surface area contributed by atoms with Gasteiger partial charge in [-0.2, -0.15) is 15.1 Å². The van der Waals surface area contributed by atoms with Crippen LogP contribution >= 0.6 is 11.8 Å². The molecule has 0 bridgehead atoms. The van der Waals surface area contributed by atoms with Crippen LogP contribution in [-0.2, 0) is 17.6 Å². The number of hydrogen-bond acceptors (Lipinski definition) is 7. The van der Waals surface area contributed by atoms with E-state index in [-0.39, 0.29) is 11.8 Å². The van der Waals surface area contributed by atoms with Gasteiger partial charge in [0.2, 0.25) is 11.9 Å². The van der Waals surface area contributed by atoms with Crippen LogP contribution in [-0.4, -0.2) is 31.1 Å². The van der Waals surface area contributed by atoms with Crippen LogP contribution in [0.2, 0.25) is 0 Å². The second-order valence-corrected chi connectivity index (χ2v) is 8.30. The quantitative estimate of drug-likeness (QED) is 0.469. The van der Waals surface area contributed by atoms with Gasteiger partial charge in [0, 0.05) is 34.7 Å². The average Bonchev–Trinajstić information content (AvgIpc) is 3.51. The van der Waals surface area contributed by atoms with Gasteiger partial charge in [-0.1, -0.05) is 20.3 Å². The van der Waals surface area contributed by atoms with E-state index in [1.165, 1.54) is 11.8 Å². The van der Waals surface area contributed by atoms with E-state index in [4.69, 9.17) is 0 Å². The molecule has 9 heteroatoms. The molecule has 156 valence electrons. The molecule has 0 atom stereocenters. The molecule has 8 nitrogen and oxygen atoms in total.